The minimum Gasteiger partial charge on any atom is -0.493 e. The lowest BCUT2D eigenvalue weighted by Crippen LogP contribution is -2.19. The molecule has 1 aromatic carbocycles. The Balaban J connectivity index is 2.23. The zero-order valence-electron chi connectivity index (χ0n) is 12.6. The molecule has 0 aliphatic rings. The fourth-order valence-electron chi connectivity index (χ4n) is 2.37. The summed E-state index contributed by atoms with van der Waals surface area (Å²) < 4.78 is 11.9. The quantitative estimate of drug-likeness (QED) is 0.736. The van der Waals surface area contributed by atoms with Crippen LogP contribution in [0.2, 0.25) is 0 Å². The van der Waals surface area contributed by atoms with Crippen LogP contribution >= 0.6 is 11.3 Å². The van der Waals surface area contributed by atoms with Crippen LogP contribution in [0.15, 0.2) is 34.7 Å². The Kier molecular flexibility index (Phi) is 4.00. The van der Waals surface area contributed by atoms with Gasteiger partial charge in [-0.2, -0.15) is 5.26 Å². The van der Waals surface area contributed by atoms with Crippen LogP contribution in [0.25, 0.3) is 21.3 Å². The van der Waals surface area contributed by atoms with Gasteiger partial charge in [0, 0.05) is 10.9 Å². The number of thiophene rings is 1. The summed E-state index contributed by atoms with van der Waals surface area (Å²) >= 11 is 1.39. The Hall–Kier alpha value is -2.85. The number of aromatic nitrogens is 2. The summed E-state index contributed by atoms with van der Waals surface area (Å²) in [6.07, 6.45) is 1.41. The van der Waals surface area contributed by atoms with E-state index in [4.69, 9.17) is 14.7 Å². The van der Waals surface area contributed by atoms with E-state index in [1.165, 1.54) is 22.2 Å². The lowest BCUT2D eigenvalue weighted by Gasteiger charge is -2.09. The van der Waals surface area contributed by atoms with Crippen LogP contribution in [-0.4, -0.2) is 23.8 Å². The number of nitrogens with zero attached hydrogens (tertiary/aromatic N) is 3. The van der Waals surface area contributed by atoms with Crippen LogP contribution < -0.4 is 15.0 Å². The molecule has 3 rings (SSSR count). The van der Waals surface area contributed by atoms with Crippen LogP contribution in [0.1, 0.15) is 0 Å². The highest BCUT2D eigenvalue weighted by atomic mass is 32.1. The number of ether oxygens (including phenoxy) is 2. The summed E-state index contributed by atoms with van der Waals surface area (Å²) in [4.78, 5) is 17.5. The molecule has 6 nitrogen and oxygen atoms in total. The Morgan fingerprint density at radius 3 is 2.78 bits per heavy atom. The van der Waals surface area contributed by atoms with Gasteiger partial charge in [0.25, 0.3) is 5.56 Å². The van der Waals surface area contributed by atoms with Crippen LogP contribution in [0, 0.1) is 11.3 Å². The molecule has 0 saturated carbocycles. The van der Waals surface area contributed by atoms with Gasteiger partial charge >= 0.3 is 0 Å². The molecule has 0 amide bonds. The monoisotopic (exact) mass is 327 g/mol. The molecule has 2 heterocycles. The smallest absolute Gasteiger partial charge is 0.263 e. The third-order valence-corrected chi connectivity index (χ3v) is 4.38. The summed E-state index contributed by atoms with van der Waals surface area (Å²) in [7, 11) is 3.14. The van der Waals surface area contributed by atoms with E-state index in [1.54, 1.807) is 20.3 Å². The summed E-state index contributed by atoms with van der Waals surface area (Å²) in [5.41, 5.74) is 1.39. The first-order valence-corrected chi connectivity index (χ1v) is 7.63. The van der Waals surface area contributed by atoms with Crippen molar-refractivity contribution < 1.29 is 9.47 Å². The van der Waals surface area contributed by atoms with Gasteiger partial charge in [-0.25, -0.2) is 4.98 Å². The van der Waals surface area contributed by atoms with Crippen molar-refractivity contribution in [1.29, 1.82) is 5.26 Å². The van der Waals surface area contributed by atoms with Gasteiger partial charge in [0.15, 0.2) is 11.5 Å². The molecular weight excluding hydrogens is 314 g/mol. The predicted molar refractivity (Wildman–Crippen MR) is 88.0 cm³/mol. The molecule has 0 aliphatic heterocycles. The first-order chi connectivity index (χ1) is 11.2. The average Bonchev–Trinajstić information content (AvgIpc) is 3.01. The van der Waals surface area contributed by atoms with Gasteiger partial charge in [-0.15, -0.1) is 11.3 Å². The van der Waals surface area contributed by atoms with E-state index in [-0.39, 0.29) is 12.1 Å². The van der Waals surface area contributed by atoms with Gasteiger partial charge in [-0.1, -0.05) is 6.07 Å². The number of nitriles is 1. The molecule has 3 aromatic rings. The van der Waals surface area contributed by atoms with E-state index in [0.717, 1.165) is 11.1 Å². The van der Waals surface area contributed by atoms with Gasteiger partial charge in [0.05, 0.1) is 25.7 Å². The summed E-state index contributed by atoms with van der Waals surface area (Å²) in [6.45, 7) is -0.0248. The number of hydrogen-bond acceptors (Lipinski definition) is 6. The van der Waals surface area contributed by atoms with E-state index in [9.17, 15) is 4.79 Å². The molecule has 0 N–H and O–H groups in total. The number of methoxy groups -OCH3 is 2. The zero-order valence-corrected chi connectivity index (χ0v) is 13.4. The first-order valence-electron chi connectivity index (χ1n) is 6.75. The van der Waals surface area contributed by atoms with E-state index < -0.39 is 0 Å². The van der Waals surface area contributed by atoms with Crippen LogP contribution in [0.5, 0.6) is 11.5 Å². The maximum Gasteiger partial charge on any atom is 0.263 e. The molecule has 0 saturated heterocycles. The van der Waals surface area contributed by atoms with Crippen molar-refractivity contribution in [3.63, 3.8) is 0 Å². The summed E-state index contributed by atoms with van der Waals surface area (Å²) in [5.74, 6) is 1.21. The predicted octanol–water partition coefficient (Wildman–Crippen LogP) is 2.67. The molecule has 0 unspecified atom stereocenters. The summed E-state index contributed by atoms with van der Waals surface area (Å²) in [6, 6.07) is 7.44. The van der Waals surface area contributed by atoms with Crippen LogP contribution in [0.4, 0.5) is 0 Å². The molecule has 23 heavy (non-hydrogen) atoms. The fourth-order valence-corrected chi connectivity index (χ4v) is 3.28. The molecule has 2 aromatic heterocycles. The maximum absolute atomic E-state index is 12.6. The van der Waals surface area contributed by atoms with Crippen molar-refractivity contribution in [1.82, 2.24) is 9.55 Å². The van der Waals surface area contributed by atoms with Crippen molar-refractivity contribution in [2.45, 2.75) is 6.54 Å². The molecule has 7 heteroatoms. The maximum atomic E-state index is 12.6. The molecular formula is C16H13N3O3S. The average molecular weight is 327 g/mol. The second kappa shape index (κ2) is 6.10. The second-order valence-corrected chi connectivity index (χ2v) is 5.59. The van der Waals surface area contributed by atoms with E-state index in [1.807, 2.05) is 23.6 Å². The van der Waals surface area contributed by atoms with Gasteiger partial charge in [-0.05, 0) is 17.7 Å². The van der Waals surface area contributed by atoms with Gasteiger partial charge in [0.2, 0.25) is 0 Å². The highest BCUT2D eigenvalue weighted by Crippen LogP contribution is 2.36. The van der Waals surface area contributed by atoms with Crippen molar-refractivity contribution in [2.24, 2.45) is 0 Å². The lowest BCUT2D eigenvalue weighted by molar-refractivity contribution is 0.355. The van der Waals surface area contributed by atoms with E-state index in [0.29, 0.717) is 21.7 Å². The minimum absolute atomic E-state index is 0.0248. The standard InChI is InChI=1S/C16H13N3O3S/c1-21-12-4-3-10(7-13(12)22-2)11-8-23-15-14(11)16(20)19(6-5-17)9-18-15/h3-4,7-9H,6H2,1-2H3. The SMILES string of the molecule is COc1ccc(-c2csc3ncn(CC#N)c(=O)c23)cc1OC. The lowest BCUT2D eigenvalue weighted by atomic mass is 10.1. The Bertz CT molecular complexity index is 969. The largest absolute Gasteiger partial charge is 0.493 e. The van der Waals surface area contributed by atoms with Gasteiger partial charge in [-0.3, -0.25) is 9.36 Å². The number of fused-ring (bicyclic) bond motifs is 1. The molecule has 0 radical (unpaired) electrons. The van der Waals surface area contributed by atoms with Crippen LogP contribution in [-0.2, 0) is 6.54 Å². The van der Waals surface area contributed by atoms with E-state index in [2.05, 4.69) is 4.98 Å². The number of hydrogen-bond donors (Lipinski definition) is 0. The number of rotatable bonds is 4. The Labute approximate surface area is 136 Å². The van der Waals surface area contributed by atoms with Gasteiger partial charge < -0.3 is 9.47 Å². The fraction of sp³-hybridized carbons (Fsp3) is 0.188. The van der Waals surface area contributed by atoms with Crippen molar-refractivity contribution in [2.75, 3.05) is 14.2 Å². The normalized spacial score (nSPS) is 10.5. The molecule has 0 atom stereocenters. The Morgan fingerprint density at radius 2 is 2.09 bits per heavy atom. The third-order valence-electron chi connectivity index (χ3n) is 3.50. The first kappa shape index (κ1) is 15.1. The van der Waals surface area contributed by atoms with Crippen molar-refractivity contribution in [3.8, 4) is 28.7 Å². The van der Waals surface area contributed by atoms with E-state index >= 15 is 0 Å². The van der Waals surface area contributed by atoms with Crippen molar-refractivity contribution in [3.05, 3.63) is 40.3 Å². The topological polar surface area (TPSA) is 77.1 Å². The third kappa shape index (κ3) is 2.53. The molecule has 116 valence electrons. The van der Waals surface area contributed by atoms with Gasteiger partial charge in [0.1, 0.15) is 17.7 Å². The Morgan fingerprint density at radius 1 is 1.30 bits per heavy atom. The van der Waals surface area contributed by atoms with Crippen molar-refractivity contribution >= 4 is 21.6 Å². The molecule has 0 spiro atoms. The second-order valence-electron chi connectivity index (χ2n) is 4.74. The highest BCUT2D eigenvalue weighted by Gasteiger charge is 2.15. The molecule has 0 aliphatic carbocycles. The zero-order chi connectivity index (χ0) is 16.4. The molecule has 0 bridgehead atoms. The highest BCUT2D eigenvalue weighted by molar-refractivity contribution is 7.17. The minimum atomic E-state index is -0.220. The molecule has 0 fully saturated rings. The summed E-state index contributed by atoms with van der Waals surface area (Å²) in [5, 5.41) is 11.2. The number of benzene rings is 1. The van der Waals surface area contributed by atoms with Crippen LogP contribution in [0.3, 0.4) is 0 Å².